The summed E-state index contributed by atoms with van der Waals surface area (Å²) >= 11 is 1.83. The zero-order valence-electron chi connectivity index (χ0n) is 16.3. The van der Waals surface area contributed by atoms with Gasteiger partial charge in [-0.1, -0.05) is 13.3 Å². The lowest BCUT2D eigenvalue weighted by Gasteiger charge is -2.34. The van der Waals surface area contributed by atoms with Crippen LogP contribution in [0.1, 0.15) is 39.0 Å². The molecule has 9 heteroatoms. The number of sulfone groups is 1. The highest BCUT2D eigenvalue weighted by molar-refractivity contribution is 7.99. The van der Waals surface area contributed by atoms with Gasteiger partial charge in [0, 0.05) is 18.5 Å². The number of hydrogen-bond donors (Lipinski definition) is 2. The molecule has 0 radical (unpaired) electrons. The Labute approximate surface area is 171 Å². The number of nitrogens with one attached hydrogen (secondary N) is 1. The Morgan fingerprint density at radius 3 is 2.46 bits per heavy atom. The predicted octanol–water partition coefficient (Wildman–Crippen LogP) is 2.82. The second-order valence-corrected chi connectivity index (χ2v) is 10.2. The van der Waals surface area contributed by atoms with Gasteiger partial charge in [-0.15, -0.1) is 0 Å². The largest absolute Gasteiger partial charge is 0.494 e. The van der Waals surface area contributed by atoms with Gasteiger partial charge in [0.1, 0.15) is 5.75 Å². The van der Waals surface area contributed by atoms with Crippen LogP contribution in [0.3, 0.4) is 0 Å². The van der Waals surface area contributed by atoms with Crippen molar-refractivity contribution in [3.05, 3.63) is 24.3 Å². The standard InChI is InChI=1S/C19H29NO6S2/c1-3-4-16(27-2)9-12-26-15-5-7-17(8-6-15)28(23,24)19(18(21)20-22)10-13-25-14-11-19/h5-8,16,22H,3-4,9-14H2,1-2H3,(H,20,21). The van der Waals surface area contributed by atoms with Crippen LogP contribution < -0.4 is 10.2 Å². The molecule has 1 aliphatic rings. The van der Waals surface area contributed by atoms with Crippen LogP contribution in [0, 0.1) is 0 Å². The molecule has 0 bridgehead atoms. The monoisotopic (exact) mass is 431 g/mol. The van der Waals surface area contributed by atoms with Crippen molar-refractivity contribution in [3.8, 4) is 5.75 Å². The highest BCUT2D eigenvalue weighted by Gasteiger charge is 2.52. The Bertz CT molecular complexity index is 729. The molecule has 2 N–H and O–H groups in total. The van der Waals surface area contributed by atoms with Crippen molar-refractivity contribution in [1.82, 2.24) is 5.48 Å². The third-order valence-corrected chi connectivity index (χ3v) is 8.77. The van der Waals surface area contributed by atoms with Gasteiger partial charge in [0.05, 0.1) is 11.5 Å². The van der Waals surface area contributed by atoms with Gasteiger partial charge in [0.2, 0.25) is 0 Å². The fraction of sp³-hybridized carbons (Fsp3) is 0.632. The summed E-state index contributed by atoms with van der Waals surface area (Å²) in [5.74, 6) is -0.335. The number of benzene rings is 1. The van der Waals surface area contributed by atoms with E-state index in [1.165, 1.54) is 17.6 Å². The molecule has 0 aromatic heterocycles. The topological polar surface area (TPSA) is 102 Å². The van der Waals surface area contributed by atoms with Crippen LogP contribution >= 0.6 is 11.8 Å². The molecule has 7 nitrogen and oxygen atoms in total. The van der Waals surface area contributed by atoms with Gasteiger partial charge in [0.25, 0.3) is 5.91 Å². The molecule has 1 aliphatic heterocycles. The van der Waals surface area contributed by atoms with Crippen LogP contribution in [0.4, 0.5) is 0 Å². The molecule has 0 aliphatic carbocycles. The van der Waals surface area contributed by atoms with Gasteiger partial charge >= 0.3 is 0 Å². The number of ether oxygens (including phenoxy) is 2. The van der Waals surface area contributed by atoms with Crippen molar-refractivity contribution in [2.45, 2.75) is 53.9 Å². The first-order valence-corrected chi connectivity index (χ1v) is 12.2. The van der Waals surface area contributed by atoms with E-state index in [-0.39, 0.29) is 31.0 Å². The Morgan fingerprint density at radius 2 is 1.93 bits per heavy atom. The lowest BCUT2D eigenvalue weighted by Crippen LogP contribution is -2.54. The van der Waals surface area contributed by atoms with E-state index < -0.39 is 20.5 Å². The molecule has 0 spiro atoms. The van der Waals surface area contributed by atoms with Crippen molar-refractivity contribution in [2.75, 3.05) is 26.1 Å². The zero-order valence-corrected chi connectivity index (χ0v) is 18.0. The summed E-state index contributed by atoms with van der Waals surface area (Å²) in [6.07, 6.45) is 5.27. The molecule has 1 saturated heterocycles. The fourth-order valence-electron chi connectivity index (χ4n) is 3.37. The van der Waals surface area contributed by atoms with Crippen molar-refractivity contribution in [2.24, 2.45) is 0 Å². The minimum absolute atomic E-state index is 0.00647. The summed E-state index contributed by atoms with van der Waals surface area (Å²) in [5, 5.41) is 9.63. The summed E-state index contributed by atoms with van der Waals surface area (Å²) in [4.78, 5) is 12.3. The molecule has 1 heterocycles. The van der Waals surface area contributed by atoms with E-state index in [2.05, 4.69) is 13.2 Å². The Kier molecular flexibility index (Phi) is 8.60. The molecular formula is C19H29NO6S2. The summed E-state index contributed by atoms with van der Waals surface area (Å²) in [5.41, 5.74) is 1.52. The van der Waals surface area contributed by atoms with Crippen molar-refractivity contribution >= 4 is 27.5 Å². The number of amides is 1. The first-order chi connectivity index (χ1) is 13.4. The first-order valence-electron chi connectivity index (χ1n) is 9.44. The van der Waals surface area contributed by atoms with Gasteiger partial charge < -0.3 is 9.47 Å². The SMILES string of the molecule is CCCC(CCOc1ccc(S(=O)(=O)C2(C(=O)NO)CCOCC2)cc1)SC. The lowest BCUT2D eigenvalue weighted by molar-refractivity contribution is -0.134. The highest BCUT2D eigenvalue weighted by atomic mass is 32.2. The van der Waals surface area contributed by atoms with E-state index >= 15 is 0 Å². The molecule has 1 atom stereocenters. The molecule has 1 amide bonds. The first kappa shape index (κ1) is 23.0. The van der Waals surface area contributed by atoms with E-state index in [9.17, 15) is 13.2 Å². The molecule has 0 saturated carbocycles. The number of hydroxylamine groups is 1. The quantitative estimate of drug-likeness (QED) is 0.434. The second-order valence-electron chi connectivity index (χ2n) is 6.81. The normalized spacial score (nSPS) is 17.7. The highest BCUT2D eigenvalue weighted by Crippen LogP contribution is 2.35. The van der Waals surface area contributed by atoms with Crippen LogP contribution in [0.2, 0.25) is 0 Å². The molecular weight excluding hydrogens is 402 g/mol. The molecule has 1 aromatic carbocycles. The van der Waals surface area contributed by atoms with Crippen LogP contribution in [0.15, 0.2) is 29.2 Å². The van der Waals surface area contributed by atoms with Crippen LogP contribution in [0.5, 0.6) is 5.75 Å². The maximum atomic E-state index is 13.2. The average molecular weight is 432 g/mol. The van der Waals surface area contributed by atoms with E-state index in [1.807, 2.05) is 11.8 Å². The minimum atomic E-state index is -4.01. The van der Waals surface area contributed by atoms with Crippen molar-refractivity contribution < 1.29 is 27.9 Å². The van der Waals surface area contributed by atoms with Gasteiger partial charge in [0.15, 0.2) is 14.6 Å². The summed E-state index contributed by atoms with van der Waals surface area (Å²) in [6.45, 7) is 3.00. The fourth-order valence-corrected chi connectivity index (χ4v) is 6.11. The maximum absolute atomic E-state index is 13.2. The molecule has 1 unspecified atom stereocenters. The Morgan fingerprint density at radius 1 is 1.29 bits per heavy atom. The number of carbonyl (C=O) groups excluding carboxylic acids is 1. The molecule has 158 valence electrons. The molecule has 2 rings (SSSR count). The Hall–Kier alpha value is -1.29. The van der Waals surface area contributed by atoms with Gasteiger partial charge in [-0.3, -0.25) is 10.0 Å². The number of thioether (sulfide) groups is 1. The molecule has 1 fully saturated rings. The number of hydrogen-bond acceptors (Lipinski definition) is 7. The predicted molar refractivity (Wildman–Crippen MR) is 109 cm³/mol. The van der Waals surface area contributed by atoms with Crippen LogP contribution in [-0.4, -0.2) is 55.6 Å². The van der Waals surface area contributed by atoms with Gasteiger partial charge in [-0.25, -0.2) is 13.9 Å². The zero-order chi connectivity index (χ0) is 20.6. The number of carbonyl (C=O) groups is 1. The smallest absolute Gasteiger partial charge is 0.265 e. The summed E-state index contributed by atoms with van der Waals surface area (Å²) in [6, 6.07) is 6.10. The van der Waals surface area contributed by atoms with Crippen LogP contribution in [0.25, 0.3) is 0 Å². The van der Waals surface area contributed by atoms with Crippen molar-refractivity contribution in [3.63, 3.8) is 0 Å². The summed E-state index contributed by atoms with van der Waals surface area (Å²) in [7, 11) is -4.01. The number of rotatable bonds is 10. The van der Waals surface area contributed by atoms with E-state index in [1.54, 1.807) is 12.1 Å². The summed E-state index contributed by atoms with van der Waals surface area (Å²) < 4.78 is 35.6. The van der Waals surface area contributed by atoms with Gasteiger partial charge in [-0.05, 0) is 56.2 Å². The van der Waals surface area contributed by atoms with Crippen LogP contribution in [-0.2, 0) is 19.4 Å². The molecule has 1 aromatic rings. The van der Waals surface area contributed by atoms with Crippen molar-refractivity contribution in [1.29, 1.82) is 0 Å². The van der Waals surface area contributed by atoms with E-state index in [0.29, 0.717) is 17.6 Å². The van der Waals surface area contributed by atoms with E-state index in [0.717, 1.165) is 19.3 Å². The van der Waals surface area contributed by atoms with E-state index in [4.69, 9.17) is 14.7 Å². The van der Waals surface area contributed by atoms with Gasteiger partial charge in [-0.2, -0.15) is 11.8 Å². The molecule has 28 heavy (non-hydrogen) atoms. The second kappa shape index (κ2) is 10.5. The minimum Gasteiger partial charge on any atom is -0.494 e. The average Bonchev–Trinajstić information content (AvgIpc) is 2.73. The Balaban J connectivity index is 2.11. The third-order valence-electron chi connectivity index (χ3n) is 5.12. The third kappa shape index (κ3) is 5.00. The lowest BCUT2D eigenvalue weighted by atomic mass is 9.98. The maximum Gasteiger partial charge on any atom is 0.265 e.